The van der Waals surface area contributed by atoms with E-state index in [1.54, 1.807) is 0 Å². The zero-order chi connectivity index (χ0) is 15.3. The number of fused-ring (bicyclic) bond motifs is 3. The molecule has 22 heavy (non-hydrogen) atoms. The number of hydrogen-bond acceptors (Lipinski definition) is 1. The van der Waals surface area contributed by atoms with Gasteiger partial charge in [0.25, 0.3) is 0 Å². The Morgan fingerprint density at radius 2 is 1.64 bits per heavy atom. The molecule has 5 heteroatoms. The summed E-state index contributed by atoms with van der Waals surface area (Å²) in [5.74, 6) is 0.163. The number of hydrogen-bond donors (Lipinski definition) is 1. The minimum atomic E-state index is 0.163. The molecule has 1 aliphatic heterocycles. The molecule has 1 N–H and O–H groups in total. The maximum Gasteiger partial charge on any atom is 0.220 e. The second-order valence-electron chi connectivity index (χ2n) is 5.74. The average molecular weight is 422 g/mol. The van der Waals surface area contributed by atoms with Gasteiger partial charge in [-0.15, -0.1) is 0 Å². The molecule has 1 aliphatic rings. The van der Waals surface area contributed by atoms with Crippen LogP contribution in [-0.4, -0.2) is 16.5 Å². The molecular weight excluding hydrogens is 408 g/mol. The molecule has 3 nitrogen and oxygen atoms in total. The van der Waals surface area contributed by atoms with Crippen LogP contribution < -0.4 is 5.32 Å². The van der Waals surface area contributed by atoms with Gasteiger partial charge >= 0.3 is 0 Å². The van der Waals surface area contributed by atoms with Crippen LogP contribution in [0.15, 0.2) is 45.3 Å². The quantitative estimate of drug-likeness (QED) is 0.644. The number of carbonyl (C=O) groups is 1. The van der Waals surface area contributed by atoms with Gasteiger partial charge < -0.3 is 9.88 Å². The summed E-state index contributed by atoms with van der Waals surface area (Å²) in [6.07, 6.45) is 1.55. The van der Waals surface area contributed by atoms with Crippen molar-refractivity contribution in [3.8, 4) is 0 Å². The molecule has 3 aromatic rings. The summed E-state index contributed by atoms with van der Waals surface area (Å²) in [7, 11) is 0. The highest BCUT2D eigenvalue weighted by Gasteiger charge is 2.22. The second kappa shape index (κ2) is 5.39. The van der Waals surface area contributed by atoms with Gasteiger partial charge in [-0.2, -0.15) is 0 Å². The highest BCUT2D eigenvalue weighted by Crippen LogP contribution is 2.33. The van der Waals surface area contributed by atoms with Crippen molar-refractivity contribution in [2.75, 3.05) is 0 Å². The van der Waals surface area contributed by atoms with Crippen molar-refractivity contribution in [2.24, 2.45) is 0 Å². The Hall–Kier alpha value is -1.33. The first-order valence-corrected chi connectivity index (χ1v) is 8.87. The monoisotopic (exact) mass is 420 g/mol. The predicted octanol–water partition coefficient (Wildman–Crippen LogP) is 4.60. The third-order valence-corrected chi connectivity index (χ3v) is 5.26. The summed E-state index contributed by atoms with van der Waals surface area (Å²) in [4.78, 5) is 11.5. The van der Waals surface area contributed by atoms with E-state index in [0.717, 1.165) is 21.9 Å². The van der Waals surface area contributed by atoms with Gasteiger partial charge in [0.05, 0.1) is 0 Å². The summed E-state index contributed by atoms with van der Waals surface area (Å²) in [6.45, 7) is 0.814. The summed E-state index contributed by atoms with van der Waals surface area (Å²) >= 11 is 7.13. The van der Waals surface area contributed by atoms with Crippen LogP contribution in [0.25, 0.3) is 21.8 Å². The van der Waals surface area contributed by atoms with Crippen LogP contribution in [-0.2, 0) is 11.3 Å². The van der Waals surface area contributed by atoms with Crippen molar-refractivity contribution >= 4 is 59.6 Å². The van der Waals surface area contributed by atoms with Gasteiger partial charge in [-0.1, -0.05) is 31.9 Å². The zero-order valence-electron chi connectivity index (χ0n) is 11.8. The first kappa shape index (κ1) is 14.3. The standard InChI is InChI=1S/C17H14Br2N2O/c18-10-1-4-15-13(7-10)14-8-11(19)2-5-16(14)21(15)9-12-3-6-17(22)20-12/h1-2,4-5,7-8,12H,3,6,9H2,(H,20,22). The average Bonchev–Trinajstić information content (AvgIpc) is 3.02. The molecule has 1 unspecified atom stereocenters. The molecule has 2 aromatic carbocycles. The van der Waals surface area contributed by atoms with Crippen molar-refractivity contribution in [3.05, 3.63) is 45.3 Å². The van der Waals surface area contributed by atoms with Gasteiger partial charge in [0.1, 0.15) is 0 Å². The number of aromatic nitrogens is 1. The van der Waals surface area contributed by atoms with E-state index < -0.39 is 0 Å². The van der Waals surface area contributed by atoms with E-state index in [-0.39, 0.29) is 11.9 Å². The Morgan fingerprint density at radius 1 is 1.05 bits per heavy atom. The van der Waals surface area contributed by atoms with Gasteiger partial charge in [0.2, 0.25) is 5.91 Å². The van der Waals surface area contributed by atoms with E-state index in [4.69, 9.17) is 0 Å². The summed E-state index contributed by atoms with van der Waals surface area (Å²) in [5.41, 5.74) is 2.41. The third-order valence-electron chi connectivity index (χ3n) is 4.28. The second-order valence-corrected chi connectivity index (χ2v) is 7.57. The molecule has 112 valence electrons. The smallest absolute Gasteiger partial charge is 0.220 e. The Kier molecular flexibility index (Phi) is 3.50. The van der Waals surface area contributed by atoms with Crippen LogP contribution in [0.4, 0.5) is 0 Å². The Labute approximate surface area is 144 Å². The first-order valence-electron chi connectivity index (χ1n) is 7.28. The lowest BCUT2D eigenvalue weighted by Crippen LogP contribution is -2.29. The van der Waals surface area contributed by atoms with Crippen LogP contribution in [0.5, 0.6) is 0 Å². The third kappa shape index (κ3) is 2.36. The highest BCUT2D eigenvalue weighted by atomic mass is 79.9. The van der Waals surface area contributed by atoms with Gasteiger partial charge in [0, 0.05) is 49.8 Å². The number of amides is 1. The molecule has 1 atom stereocenters. The molecule has 0 saturated carbocycles. The van der Waals surface area contributed by atoms with Crippen molar-refractivity contribution in [1.29, 1.82) is 0 Å². The van der Waals surface area contributed by atoms with Crippen LogP contribution in [0, 0.1) is 0 Å². The van der Waals surface area contributed by atoms with Crippen molar-refractivity contribution in [3.63, 3.8) is 0 Å². The largest absolute Gasteiger partial charge is 0.352 e. The van der Waals surface area contributed by atoms with E-state index >= 15 is 0 Å². The van der Waals surface area contributed by atoms with Crippen molar-refractivity contribution < 1.29 is 4.79 Å². The van der Waals surface area contributed by atoms with Crippen LogP contribution in [0.3, 0.4) is 0 Å². The molecular formula is C17H14Br2N2O. The van der Waals surface area contributed by atoms with Crippen molar-refractivity contribution in [1.82, 2.24) is 9.88 Å². The lowest BCUT2D eigenvalue weighted by atomic mass is 10.2. The van der Waals surface area contributed by atoms with Gasteiger partial charge in [-0.3, -0.25) is 4.79 Å². The topological polar surface area (TPSA) is 34.0 Å². The van der Waals surface area contributed by atoms with Crippen LogP contribution >= 0.6 is 31.9 Å². The van der Waals surface area contributed by atoms with Crippen molar-refractivity contribution in [2.45, 2.75) is 25.4 Å². The number of halogens is 2. The van der Waals surface area contributed by atoms with E-state index in [1.807, 2.05) is 0 Å². The molecule has 0 aliphatic carbocycles. The lowest BCUT2D eigenvalue weighted by molar-refractivity contribution is -0.119. The maximum absolute atomic E-state index is 11.5. The van der Waals surface area contributed by atoms with Gasteiger partial charge in [0.15, 0.2) is 0 Å². The van der Waals surface area contributed by atoms with E-state index in [1.165, 1.54) is 21.8 Å². The summed E-state index contributed by atoms with van der Waals surface area (Å²) < 4.78 is 4.47. The SMILES string of the molecule is O=C1CCC(Cn2c3ccc(Br)cc3c3cc(Br)ccc32)N1. The molecule has 1 saturated heterocycles. The first-order chi connectivity index (χ1) is 10.6. The fraction of sp³-hybridized carbons (Fsp3) is 0.235. The fourth-order valence-electron chi connectivity index (χ4n) is 3.28. The van der Waals surface area contributed by atoms with E-state index in [2.05, 4.69) is 78.1 Å². The van der Waals surface area contributed by atoms with Gasteiger partial charge in [-0.05, 0) is 42.8 Å². The minimum absolute atomic E-state index is 0.163. The van der Waals surface area contributed by atoms with Crippen LogP contribution in [0.1, 0.15) is 12.8 Å². The number of nitrogens with one attached hydrogen (secondary N) is 1. The Balaban J connectivity index is 1.92. The zero-order valence-corrected chi connectivity index (χ0v) is 14.9. The molecule has 4 rings (SSSR count). The van der Waals surface area contributed by atoms with E-state index in [9.17, 15) is 4.79 Å². The van der Waals surface area contributed by atoms with Gasteiger partial charge in [-0.25, -0.2) is 0 Å². The lowest BCUT2D eigenvalue weighted by Gasteiger charge is -2.13. The molecule has 0 bridgehead atoms. The summed E-state index contributed by atoms with van der Waals surface area (Å²) in [6, 6.07) is 13.0. The normalized spacial score (nSPS) is 18.3. The summed E-state index contributed by atoms with van der Waals surface area (Å²) in [5, 5.41) is 5.53. The molecule has 1 aromatic heterocycles. The number of carbonyl (C=O) groups excluding carboxylic acids is 1. The van der Waals surface area contributed by atoms with Crippen LogP contribution in [0.2, 0.25) is 0 Å². The number of rotatable bonds is 2. The predicted molar refractivity (Wildman–Crippen MR) is 96.0 cm³/mol. The number of nitrogens with zero attached hydrogens (tertiary/aromatic N) is 1. The fourth-order valence-corrected chi connectivity index (χ4v) is 4.00. The highest BCUT2D eigenvalue weighted by molar-refractivity contribution is 9.10. The molecule has 1 amide bonds. The molecule has 1 fully saturated rings. The molecule has 2 heterocycles. The minimum Gasteiger partial charge on any atom is -0.352 e. The molecule has 0 radical (unpaired) electrons. The number of benzene rings is 2. The maximum atomic E-state index is 11.5. The Bertz CT molecular complexity index is 841. The molecule has 0 spiro atoms. The van der Waals surface area contributed by atoms with E-state index in [0.29, 0.717) is 6.42 Å². The Morgan fingerprint density at radius 3 is 2.14 bits per heavy atom.